The SMILES string of the molecule is CCC(CC)NC1CC(c2cccc(Cl)c2)C1. The van der Waals surface area contributed by atoms with Crippen LogP contribution in [0.2, 0.25) is 5.02 Å². The summed E-state index contributed by atoms with van der Waals surface area (Å²) >= 11 is 6.02. The summed E-state index contributed by atoms with van der Waals surface area (Å²) in [6, 6.07) is 9.72. The van der Waals surface area contributed by atoms with Gasteiger partial charge in [-0.2, -0.15) is 0 Å². The molecule has 0 unspecified atom stereocenters. The van der Waals surface area contributed by atoms with E-state index in [0.29, 0.717) is 18.0 Å². The van der Waals surface area contributed by atoms with Crippen molar-refractivity contribution in [3.63, 3.8) is 0 Å². The summed E-state index contributed by atoms with van der Waals surface area (Å²) in [6.07, 6.45) is 4.98. The Balaban J connectivity index is 1.82. The van der Waals surface area contributed by atoms with Gasteiger partial charge in [-0.15, -0.1) is 0 Å². The zero-order valence-corrected chi connectivity index (χ0v) is 11.5. The predicted molar refractivity (Wildman–Crippen MR) is 74.7 cm³/mol. The molecule has 0 amide bonds. The van der Waals surface area contributed by atoms with Crippen molar-refractivity contribution >= 4 is 11.6 Å². The van der Waals surface area contributed by atoms with Crippen LogP contribution in [0.1, 0.15) is 51.0 Å². The van der Waals surface area contributed by atoms with Gasteiger partial charge in [-0.05, 0) is 49.3 Å². The highest BCUT2D eigenvalue weighted by molar-refractivity contribution is 6.30. The van der Waals surface area contributed by atoms with Crippen LogP contribution in [0.4, 0.5) is 0 Å². The molecule has 17 heavy (non-hydrogen) atoms. The normalized spacial score (nSPS) is 23.8. The van der Waals surface area contributed by atoms with Crippen molar-refractivity contribution in [2.45, 2.75) is 57.5 Å². The summed E-state index contributed by atoms with van der Waals surface area (Å²) in [7, 11) is 0. The minimum absolute atomic E-state index is 0.695. The highest BCUT2D eigenvalue weighted by atomic mass is 35.5. The van der Waals surface area contributed by atoms with Gasteiger partial charge in [-0.25, -0.2) is 0 Å². The van der Waals surface area contributed by atoms with E-state index in [9.17, 15) is 0 Å². The van der Waals surface area contributed by atoms with Crippen molar-refractivity contribution in [2.24, 2.45) is 0 Å². The van der Waals surface area contributed by atoms with Gasteiger partial charge >= 0.3 is 0 Å². The zero-order valence-electron chi connectivity index (χ0n) is 10.7. The lowest BCUT2D eigenvalue weighted by atomic mass is 9.75. The standard InChI is InChI=1S/C15H22ClN/c1-3-14(4-2)17-15-9-12(10-15)11-6-5-7-13(16)8-11/h5-8,12,14-15,17H,3-4,9-10H2,1-2H3. The summed E-state index contributed by atoms with van der Waals surface area (Å²) in [6.45, 7) is 4.52. The molecular formula is C15H22ClN. The van der Waals surface area contributed by atoms with E-state index in [1.165, 1.54) is 31.2 Å². The fourth-order valence-corrected chi connectivity index (χ4v) is 2.84. The number of nitrogens with one attached hydrogen (secondary N) is 1. The molecule has 1 nitrogen and oxygen atoms in total. The molecule has 0 heterocycles. The molecule has 0 aliphatic heterocycles. The van der Waals surface area contributed by atoms with Crippen molar-refractivity contribution in [3.05, 3.63) is 34.9 Å². The monoisotopic (exact) mass is 251 g/mol. The average Bonchev–Trinajstić information content (AvgIpc) is 2.28. The third kappa shape index (κ3) is 3.23. The predicted octanol–water partition coefficient (Wildman–Crippen LogP) is 4.36. The van der Waals surface area contributed by atoms with E-state index >= 15 is 0 Å². The Labute approximate surface area is 110 Å². The summed E-state index contributed by atoms with van der Waals surface area (Å²) in [5.41, 5.74) is 1.40. The van der Waals surface area contributed by atoms with Gasteiger partial charge in [0.2, 0.25) is 0 Å². The lowest BCUT2D eigenvalue weighted by Crippen LogP contribution is -2.45. The van der Waals surface area contributed by atoms with E-state index in [4.69, 9.17) is 11.6 Å². The Morgan fingerprint density at radius 1 is 1.29 bits per heavy atom. The fourth-order valence-electron chi connectivity index (χ4n) is 2.64. The Hall–Kier alpha value is -0.530. The van der Waals surface area contributed by atoms with Crippen LogP contribution >= 0.6 is 11.6 Å². The maximum atomic E-state index is 6.02. The minimum atomic E-state index is 0.695. The second kappa shape index (κ2) is 5.88. The average molecular weight is 252 g/mol. The molecule has 2 rings (SSSR count). The quantitative estimate of drug-likeness (QED) is 0.820. The largest absolute Gasteiger partial charge is 0.311 e. The molecule has 0 bridgehead atoms. The van der Waals surface area contributed by atoms with Crippen LogP contribution in [-0.4, -0.2) is 12.1 Å². The molecule has 1 saturated carbocycles. The molecule has 0 atom stereocenters. The van der Waals surface area contributed by atoms with Gasteiger partial charge in [-0.1, -0.05) is 37.6 Å². The molecule has 1 aromatic rings. The zero-order chi connectivity index (χ0) is 12.3. The molecule has 1 aromatic carbocycles. The topological polar surface area (TPSA) is 12.0 Å². The van der Waals surface area contributed by atoms with Crippen molar-refractivity contribution in [1.82, 2.24) is 5.32 Å². The van der Waals surface area contributed by atoms with Crippen molar-refractivity contribution < 1.29 is 0 Å². The molecule has 1 aliphatic rings. The van der Waals surface area contributed by atoms with E-state index in [2.05, 4.69) is 37.4 Å². The molecule has 0 saturated heterocycles. The van der Waals surface area contributed by atoms with Crippen molar-refractivity contribution in [3.8, 4) is 0 Å². The lowest BCUT2D eigenvalue weighted by Gasteiger charge is -2.38. The number of halogens is 1. The van der Waals surface area contributed by atoms with E-state index in [1.54, 1.807) is 0 Å². The van der Waals surface area contributed by atoms with E-state index in [0.717, 1.165) is 5.02 Å². The molecule has 1 aliphatic carbocycles. The van der Waals surface area contributed by atoms with Crippen molar-refractivity contribution in [2.75, 3.05) is 0 Å². The van der Waals surface area contributed by atoms with Gasteiger partial charge in [0, 0.05) is 17.1 Å². The molecule has 1 fully saturated rings. The first-order valence-electron chi connectivity index (χ1n) is 6.74. The van der Waals surface area contributed by atoms with E-state index < -0.39 is 0 Å². The Bertz CT molecular complexity index is 354. The molecule has 2 heteroatoms. The first kappa shape index (κ1) is 12.9. The first-order valence-corrected chi connectivity index (χ1v) is 7.12. The third-order valence-electron chi connectivity index (χ3n) is 3.92. The fraction of sp³-hybridized carbons (Fsp3) is 0.600. The van der Waals surface area contributed by atoms with Crippen LogP contribution in [0.5, 0.6) is 0 Å². The van der Waals surface area contributed by atoms with Crippen LogP contribution in [0.25, 0.3) is 0 Å². The smallest absolute Gasteiger partial charge is 0.0408 e. The molecule has 1 N–H and O–H groups in total. The molecule has 94 valence electrons. The second-order valence-electron chi connectivity index (χ2n) is 5.10. The number of hydrogen-bond donors (Lipinski definition) is 1. The van der Waals surface area contributed by atoms with Crippen molar-refractivity contribution in [1.29, 1.82) is 0 Å². The maximum Gasteiger partial charge on any atom is 0.0408 e. The van der Waals surface area contributed by atoms with Gasteiger partial charge in [0.05, 0.1) is 0 Å². The van der Waals surface area contributed by atoms with Crippen LogP contribution in [0, 0.1) is 0 Å². The molecular weight excluding hydrogens is 230 g/mol. The highest BCUT2D eigenvalue weighted by Gasteiger charge is 2.30. The number of benzene rings is 1. The number of hydrogen-bond acceptors (Lipinski definition) is 1. The van der Waals surface area contributed by atoms with Crippen LogP contribution in [0.15, 0.2) is 24.3 Å². The highest BCUT2D eigenvalue weighted by Crippen LogP contribution is 2.37. The minimum Gasteiger partial charge on any atom is -0.311 e. The Morgan fingerprint density at radius 2 is 2.00 bits per heavy atom. The third-order valence-corrected chi connectivity index (χ3v) is 4.15. The Kier molecular flexibility index (Phi) is 4.47. The summed E-state index contributed by atoms with van der Waals surface area (Å²) in [4.78, 5) is 0. The number of rotatable bonds is 5. The van der Waals surface area contributed by atoms with Gasteiger partial charge in [0.15, 0.2) is 0 Å². The molecule has 0 spiro atoms. The van der Waals surface area contributed by atoms with E-state index in [1.807, 2.05) is 6.07 Å². The van der Waals surface area contributed by atoms with Gasteiger partial charge < -0.3 is 5.32 Å². The van der Waals surface area contributed by atoms with Crippen LogP contribution in [0.3, 0.4) is 0 Å². The van der Waals surface area contributed by atoms with Gasteiger partial charge in [0.1, 0.15) is 0 Å². The lowest BCUT2D eigenvalue weighted by molar-refractivity contribution is 0.258. The van der Waals surface area contributed by atoms with Crippen LogP contribution in [-0.2, 0) is 0 Å². The van der Waals surface area contributed by atoms with Crippen LogP contribution < -0.4 is 5.32 Å². The van der Waals surface area contributed by atoms with E-state index in [-0.39, 0.29) is 0 Å². The molecule has 0 aromatic heterocycles. The van der Waals surface area contributed by atoms with Gasteiger partial charge in [0.25, 0.3) is 0 Å². The second-order valence-corrected chi connectivity index (χ2v) is 5.54. The van der Waals surface area contributed by atoms with Gasteiger partial charge in [-0.3, -0.25) is 0 Å². The molecule has 0 radical (unpaired) electrons. The Morgan fingerprint density at radius 3 is 2.59 bits per heavy atom. The first-order chi connectivity index (χ1) is 8.22. The maximum absolute atomic E-state index is 6.02. The summed E-state index contributed by atoms with van der Waals surface area (Å²) in [5, 5.41) is 4.59. The summed E-state index contributed by atoms with van der Waals surface area (Å²) in [5.74, 6) is 0.709. The summed E-state index contributed by atoms with van der Waals surface area (Å²) < 4.78 is 0.